The molecule has 1 fully saturated rings. The number of esters is 1. The molecule has 2 atom stereocenters. The van der Waals surface area contributed by atoms with Gasteiger partial charge in [-0.05, 0) is 20.3 Å². The summed E-state index contributed by atoms with van der Waals surface area (Å²) >= 11 is 0. The van der Waals surface area contributed by atoms with E-state index in [0.29, 0.717) is 19.6 Å². The lowest BCUT2D eigenvalue weighted by molar-refractivity contribution is -0.146. The summed E-state index contributed by atoms with van der Waals surface area (Å²) in [5.41, 5.74) is 0. The molecule has 17 heavy (non-hydrogen) atoms. The second kappa shape index (κ2) is 6.59. The average Bonchev–Trinajstić information content (AvgIpc) is 2.28. The minimum Gasteiger partial charge on any atom is -0.466 e. The Balaban J connectivity index is 2.56. The van der Waals surface area contributed by atoms with Gasteiger partial charge in [-0.2, -0.15) is 0 Å². The number of carbonyl (C=O) groups excluding carboxylic acids is 2. The first-order valence-corrected chi connectivity index (χ1v) is 6.29. The van der Waals surface area contributed by atoms with E-state index in [9.17, 15) is 9.59 Å². The van der Waals surface area contributed by atoms with Crippen molar-refractivity contribution in [1.29, 1.82) is 0 Å². The highest BCUT2D eigenvalue weighted by Gasteiger charge is 2.32. The van der Waals surface area contributed by atoms with Gasteiger partial charge >= 0.3 is 5.97 Å². The van der Waals surface area contributed by atoms with Gasteiger partial charge in [0.25, 0.3) is 0 Å². The molecule has 0 bridgehead atoms. The fourth-order valence-electron chi connectivity index (χ4n) is 2.26. The van der Waals surface area contributed by atoms with Gasteiger partial charge in [0.1, 0.15) is 0 Å². The van der Waals surface area contributed by atoms with Crippen LogP contribution in [0, 0.1) is 0 Å². The number of hydrogen-bond acceptors (Lipinski definition) is 4. The Morgan fingerprint density at radius 2 is 2.29 bits per heavy atom. The van der Waals surface area contributed by atoms with E-state index < -0.39 is 0 Å². The van der Waals surface area contributed by atoms with Gasteiger partial charge in [-0.25, -0.2) is 0 Å². The Kier molecular flexibility index (Phi) is 5.41. The molecule has 98 valence electrons. The zero-order chi connectivity index (χ0) is 12.8. The van der Waals surface area contributed by atoms with Crippen molar-refractivity contribution < 1.29 is 14.3 Å². The monoisotopic (exact) mass is 242 g/mol. The molecule has 0 aromatic carbocycles. The second-order valence-corrected chi connectivity index (χ2v) is 4.31. The van der Waals surface area contributed by atoms with Crippen molar-refractivity contribution in [3.8, 4) is 0 Å². The quantitative estimate of drug-likeness (QED) is 0.715. The highest BCUT2D eigenvalue weighted by molar-refractivity contribution is 5.82. The van der Waals surface area contributed by atoms with Crippen LogP contribution in [-0.2, 0) is 14.3 Å². The molecule has 0 spiro atoms. The fraction of sp³-hybridized carbons (Fsp3) is 0.833. The molecular formula is C12H22N2O3. The average molecular weight is 242 g/mol. The molecule has 1 aliphatic rings. The summed E-state index contributed by atoms with van der Waals surface area (Å²) in [6.07, 6.45) is 1.11. The number of nitrogens with one attached hydrogen (secondary N) is 1. The van der Waals surface area contributed by atoms with E-state index in [2.05, 4.69) is 10.2 Å². The van der Waals surface area contributed by atoms with Crippen molar-refractivity contribution in [1.82, 2.24) is 10.2 Å². The first-order chi connectivity index (χ1) is 8.10. The number of rotatable bonds is 5. The molecule has 1 amide bonds. The van der Waals surface area contributed by atoms with Crippen molar-refractivity contribution in [2.75, 3.05) is 19.7 Å². The molecule has 0 radical (unpaired) electrons. The highest BCUT2D eigenvalue weighted by Crippen LogP contribution is 2.15. The van der Waals surface area contributed by atoms with Crippen LogP contribution in [0.15, 0.2) is 0 Å². The fourth-order valence-corrected chi connectivity index (χ4v) is 2.26. The number of amides is 1. The first-order valence-electron chi connectivity index (χ1n) is 6.29. The Hall–Kier alpha value is -1.10. The normalized spacial score (nSPS) is 23.0. The predicted octanol–water partition coefficient (Wildman–Crippen LogP) is 0.539. The van der Waals surface area contributed by atoms with Gasteiger partial charge in [0, 0.05) is 19.1 Å². The first kappa shape index (κ1) is 14.0. The topological polar surface area (TPSA) is 58.6 Å². The van der Waals surface area contributed by atoms with Crippen molar-refractivity contribution in [2.45, 2.75) is 45.7 Å². The summed E-state index contributed by atoms with van der Waals surface area (Å²) in [7, 11) is 0. The van der Waals surface area contributed by atoms with E-state index in [0.717, 1.165) is 13.0 Å². The van der Waals surface area contributed by atoms with Gasteiger partial charge in [-0.1, -0.05) is 6.92 Å². The van der Waals surface area contributed by atoms with Crippen LogP contribution in [-0.4, -0.2) is 48.6 Å². The molecule has 0 aromatic heterocycles. The molecule has 0 aliphatic carbocycles. The summed E-state index contributed by atoms with van der Waals surface area (Å²) in [5, 5.41) is 2.85. The summed E-state index contributed by atoms with van der Waals surface area (Å²) in [6.45, 7) is 7.61. The van der Waals surface area contributed by atoms with Crippen molar-refractivity contribution in [3.05, 3.63) is 0 Å². The number of nitrogens with zero attached hydrogens (tertiary/aromatic N) is 1. The zero-order valence-corrected chi connectivity index (χ0v) is 10.9. The molecule has 1 heterocycles. The van der Waals surface area contributed by atoms with E-state index in [1.165, 1.54) is 0 Å². The summed E-state index contributed by atoms with van der Waals surface area (Å²) in [5.74, 6) is -0.129. The number of carbonyl (C=O) groups is 2. The summed E-state index contributed by atoms with van der Waals surface area (Å²) in [6, 6.07) is -0.0711. The lowest BCUT2D eigenvalue weighted by Crippen LogP contribution is -2.57. The molecule has 5 nitrogen and oxygen atoms in total. The standard InChI is InChI=1S/C12H22N2O3/c1-4-10-12(16)13-6-7-14(10)9(3)8-11(15)17-5-2/h9-10H,4-8H2,1-3H3,(H,13,16). The third kappa shape index (κ3) is 3.70. The second-order valence-electron chi connectivity index (χ2n) is 4.31. The molecule has 2 unspecified atom stereocenters. The van der Waals surface area contributed by atoms with Crippen LogP contribution in [0.25, 0.3) is 0 Å². The highest BCUT2D eigenvalue weighted by atomic mass is 16.5. The van der Waals surface area contributed by atoms with Gasteiger partial charge in [0.05, 0.1) is 19.1 Å². The van der Waals surface area contributed by atoms with Gasteiger partial charge < -0.3 is 10.1 Å². The Labute approximate surface area is 102 Å². The molecule has 1 aliphatic heterocycles. The van der Waals surface area contributed by atoms with Crippen LogP contribution in [0.4, 0.5) is 0 Å². The predicted molar refractivity (Wildman–Crippen MR) is 64.5 cm³/mol. The van der Waals surface area contributed by atoms with E-state index in [4.69, 9.17) is 4.74 Å². The molecule has 1 N–H and O–H groups in total. The van der Waals surface area contributed by atoms with Crippen molar-refractivity contribution in [3.63, 3.8) is 0 Å². The van der Waals surface area contributed by atoms with Crippen LogP contribution in [0.5, 0.6) is 0 Å². The number of hydrogen-bond donors (Lipinski definition) is 1. The van der Waals surface area contributed by atoms with Crippen LogP contribution in [0.3, 0.4) is 0 Å². The van der Waals surface area contributed by atoms with Crippen molar-refractivity contribution >= 4 is 11.9 Å². The Bertz CT molecular complexity index is 281. The molecule has 1 rings (SSSR count). The third-order valence-electron chi connectivity index (χ3n) is 3.09. The molecule has 1 saturated heterocycles. The maximum Gasteiger partial charge on any atom is 0.307 e. The number of piperazine rings is 1. The minimum absolute atomic E-state index is 0.0463. The zero-order valence-electron chi connectivity index (χ0n) is 10.9. The molecule has 0 aromatic rings. The van der Waals surface area contributed by atoms with Crippen LogP contribution < -0.4 is 5.32 Å². The van der Waals surface area contributed by atoms with Gasteiger partial charge in [-0.3, -0.25) is 14.5 Å². The van der Waals surface area contributed by atoms with Crippen LogP contribution in [0.1, 0.15) is 33.6 Å². The largest absolute Gasteiger partial charge is 0.466 e. The third-order valence-corrected chi connectivity index (χ3v) is 3.09. The lowest BCUT2D eigenvalue weighted by Gasteiger charge is -2.38. The molecule has 5 heteroatoms. The smallest absolute Gasteiger partial charge is 0.307 e. The van der Waals surface area contributed by atoms with E-state index >= 15 is 0 Å². The minimum atomic E-state index is -0.194. The maximum absolute atomic E-state index is 11.7. The van der Waals surface area contributed by atoms with Crippen LogP contribution >= 0.6 is 0 Å². The van der Waals surface area contributed by atoms with Gasteiger partial charge in [0.15, 0.2) is 0 Å². The Morgan fingerprint density at radius 1 is 1.59 bits per heavy atom. The van der Waals surface area contributed by atoms with Crippen molar-refractivity contribution in [2.24, 2.45) is 0 Å². The summed E-state index contributed by atoms with van der Waals surface area (Å²) in [4.78, 5) is 25.2. The summed E-state index contributed by atoms with van der Waals surface area (Å²) < 4.78 is 4.93. The van der Waals surface area contributed by atoms with Crippen LogP contribution in [0.2, 0.25) is 0 Å². The Morgan fingerprint density at radius 3 is 2.88 bits per heavy atom. The molecule has 0 saturated carbocycles. The number of ether oxygens (including phenoxy) is 1. The van der Waals surface area contributed by atoms with E-state index in [-0.39, 0.29) is 24.0 Å². The molecular weight excluding hydrogens is 220 g/mol. The van der Waals surface area contributed by atoms with E-state index in [1.807, 2.05) is 13.8 Å². The lowest BCUT2D eigenvalue weighted by atomic mass is 10.1. The maximum atomic E-state index is 11.7. The van der Waals surface area contributed by atoms with Gasteiger partial charge in [-0.15, -0.1) is 0 Å². The van der Waals surface area contributed by atoms with E-state index in [1.54, 1.807) is 6.92 Å². The SMILES string of the molecule is CCOC(=O)CC(C)N1CCNC(=O)C1CC. The van der Waals surface area contributed by atoms with Gasteiger partial charge in [0.2, 0.25) is 5.91 Å².